The second-order valence-electron chi connectivity index (χ2n) is 8.33. The van der Waals surface area contributed by atoms with E-state index in [0.29, 0.717) is 5.56 Å². The second-order valence-corrected chi connectivity index (χ2v) is 9.98. The Kier molecular flexibility index (Phi) is 7.00. The van der Waals surface area contributed by atoms with Gasteiger partial charge in [0.2, 0.25) is 5.91 Å². The van der Waals surface area contributed by atoms with E-state index in [0.717, 1.165) is 11.1 Å². The highest BCUT2D eigenvalue weighted by Gasteiger charge is 2.28. The number of hydrogen-bond acceptors (Lipinski definition) is 4. The van der Waals surface area contributed by atoms with E-state index >= 15 is 0 Å². The Hall–Kier alpha value is -3.89. The Morgan fingerprint density at radius 1 is 0.758 bits per heavy atom. The van der Waals surface area contributed by atoms with Gasteiger partial charge < -0.3 is 5.32 Å². The number of sulfonamides is 1. The van der Waals surface area contributed by atoms with Gasteiger partial charge in [0.25, 0.3) is 15.9 Å². The molecule has 3 aromatic rings. The van der Waals surface area contributed by atoms with Crippen molar-refractivity contribution in [3.05, 3.63) is 95.6 Å². The molecule has 0 aliphatic rings. The maximum atomic E-state index is 12.8. The molecule has 0 saturated carbocycles. The number of benzene rings is 3. The summed E-state index contributed by atoms with van der Waals surface area (Å²) in [7, 11) is -4.17. The first kappa shape index (κ1) is 23.8. The average molecular weight is 461 g/mol. The first-order chi connectivity index (χ1) is 15.6. The van der Waals surface area contributed by atoms with Crippen molar-refractivity contribution in [3.8, 4) is 11.8 Å². The van der Waals surface area contributed by atoms with E-state index in [1.165, 1.54) is 18.2 Å². The third-order valence-corrected chi connectivity index (χ3v) is 5.99. The van der Waals surface area contributed by atoms with Crippen LogP contribution in [0.1, 0.15) is 42.3 Å². The molecule has 0 aliphatic carbocycles. The van der Waals surface area contributed by atoms with Crippen LogP contribution in [-0.2, 0) is 14.8 Å². The van der Waals surface area contributed by atoms with Gasteiger partial charge in [0.15, 0.2) is 0 Å². The van der Waals surface area contributed by atoms with Crippen LogP contribution in [0, 0.1) is 17.3 Å². The Labute approximate surface area is 194 Å². The number of anilines is 1. The van der Waals surface area contributed by atoms with Gasteiger partial charge in [-0.2, -0.15) is 0 Å². The van der Waals surface area contributed by atoms with Crippen LogP contribution in [0.5, 0.6) is 0 Å². The molecule has 0 fully saturated rings. The largest absolute Gasteiger partial charge is 0.321 e. The normalized spacial score (nSPS) is 11.1. The standard InChI is InChI=1S/C26H24N2O4S/c1-26(2,3)25(30)28-33(31,32)23-12-8-7-11-22(23)27-24(29)21-17-15-20(16-18-21)14-13-19-9-5-4-6-10-19/h4-12,15-18H,1-3H3,(H,27,29)(H,28,30). The average Bonchev–Trinajstić information content (AvgIpc) is 2.78. The number of rotatable bonds is 4. The lowest BCUT2D eigenvalue weighted by molar-refractivity contribution is -0.126. The van der Waals surface area contributed by atoms with Crippen LogP contribution >= 0.6 is 0 Å². The van der Waals surface area contributed by atoms with Crippen molar-refractivity contribution in [1.82, 2.24) is 4.72 Å². The van der Waals surface area contributed by atoms with E-state index in [2.05, 4.69) is 21.9 Å². The maximum Gasteiger partial charge on any atom is 0.266 e. The smallest absolute Gasteiger partial charge is 0.266 e. The number of hydrogen-bond donors (Lipinski definition) is 2. The predicted molar refractivity (Wildman–Crippen MR) is 128 cm³/mol. The molecule has 0 spiro atoms. The Balaban J connectivity index is 1.77. The monoisotopic (exact) mass is 460 g/mol. The quantitative estimate of drug-likeness (QED) is 0.571. The van der Waals surface area contributed by atoms with Crippen molar-refractivity contribution >= 4 is 27.5 Å². The first-order valence-corrected chi connectivity index (χ1v) is 11.7. The van der Waals surface area contributed by atoms with Crippen LogP contribution in [0.25, 0.3) is 0 Å². The van der Waals surface area contributed by atoms with Gasteiger partial charge in [0.1, 0.15) is 4.90 Å². The number of nitrogens with one attached hydrogen (secondary N) is 2. The van der Waals surface area contributed by atoms with Crippen LogP contribution in [-0.4, -0.2) is 20.2 Å². The highest BCUT2D eigenvalue weighted by atomic mass is 32.2. The summed E-state index contributed by atoms with van der Waals surface area (Å²) in [6.07, 6.45) is 0. The van der Waals surface area contributed by atoms with Gasteiger partial charge in [0.05, 0.1) is 5.69 Å². The lowest BCUT2D eigenvalue weighted by Crippen LogP contribution is -2.39. The molecule has 0 aliphatic heterocycles. The fourth-order valence-electron chi connectivity index (χ4n) is 2.70. The summed E-state index contributed by atoms with van der Waals surface area (Å²) >= 11 is 0. The zero-order valence-electron chi connectivity index (χ0n) is 18.5. The van der Waals surface area contributed by atoms with E-state index in [4.69, 9.17) is 0 Å². The minimum absolute atomic E-state index is 0.0738. The van der Waals surface area contributed by atoms with E-state index in [1.807, 2.05) is 30.3 Å². The molecule has 0 bridgehead atoms. The van der Waals surface area contributed by atoms with Crippen molar-refractivity contribution in [3.63, 3.8) is 0 Å². The topological polar surface area (TPSA) is 92.3 Å². The minimum atomic E-state index is -4.17. The van der Waals surface area contributed by atoms with Crippen molar-refractivity contribution in [1.29, 1.82) is 0 Å². The Bertz CT molecular complexity index is 1330. The third kappa shape index (κ3) is 6.31. The van der Waals surface area contributed by atoms with Crippen molar-refractivity contribution < 1.29 is 18.0 Å². The molecule has 3 rings (SSSR count). The number of para-hydroxylation sites is 1. The fourth-order valence-corrected chi connectivity index (χ4v) is 4.03. The highest BCUT2D eigenvalue weighted by Crippen LogP contribution is 2.23. The summed E-state index contributed by atoms with van der Waals surface area (Å²) in [5, 5.41) is 2.62. The van der Waals surface area contributed by atoms with Crippen LogP contribution < -0.4 is 10.0 Å². The number of carbonyl (C=O) groups excluding carboxylic acids is 2. The van der Waals surface area contributed by atoms with E-state index in [1.54, 1.807) is 51.1 Å². The van der Waals surface area contributed by atoms with E-state index < -0.39 is 27.3 Å². The predicted octanol–water partition coefficient (Wildman–Crippen LogP) is 4.19. The molecule has 0 saturated heterocycles. The van der Waals surface area contributed by atoms with Gasteiger partial charge in [0, 0.05) is 22.1 Å². The van der Waals surface area contributed by atoms with Gasteiger partial charge >= 0.3 is 0 Å². The molecule has 0 unspecified atom stereocenters. The van der Waals surface area contributed by atoms with Crippen molar-refractivity contribution in [2.75, 3.05) is 5.32 Å². The molecule has 3 aromatic carbocycles. The summed E-state index contributed by atoms with van der Waals surface area (Å²) in [6, 6.07) is 22.1. The van der Waals surface area contributed by atoms with Crippen LogP contribution in [0.2, 0.25) is 0 Å². The molecular weight excluding hydrogens is 436 g/mol. The molecule has 0 radical (unpaired) electrons. The van der Waals surface area contributed by atoms with Gasteiger partial charge in [-0.25, -0.2) is 13.1 Å². The molecule has 168 valence electrons. The fraction of sp³-hybridized carbons (Fsp3) is 0.154. The molecule has 6 nitrogen and oxygen atoms in total. The molecule has 7 heteroatoms. The number of carbonyl (C=O) groups is 2. The SMILES string of the molecule is CC(C)(C)C(=O)NS(=O)(=O)c1ccccc1NC(=O)c1ccc(C#Cc2ccccc2)cc1. The molecule has 33 heavy (non-hydrogen) atoms. The summed E-state index contributed by atoms with van der Waals surface area (Å²) in [5.41, 5.74) is 1.14. The highest BCUT2D eigenvalue weighted by molar-refractivity contribution is 7.90. The van der Waals surface area contributed by atoms with Crippen LogP contribution in [0.3, 0.4) is 0 Å². The maximum absolute atomic E-state index is 12.8. The van der Waals surface area contributed by atoms with Gasteiger partial charge in [-0.15, -0.1) is 0 Å². The lowest BCUT2D eigenvalue weighted by Gasteiger charge is -2.19. The molecule has 0 heterocycles. The molecule has 2 N–H and O–H groups in total. The van der Waals surface area contributed by atoms with Crippen LogP contribution in [0.15, 0.2) is 83.8 Å². The number of amides is 2. The molecule has 0 aromatic heterocycles. The van der Waals surface area contributed by atoms with Gasteiger partial charge in [-0.3, -0.25) is 9.59 Å². The minimum Gasteiger partial charge on any atom is -0.321 e. The second kappa shape index (κ2) is 9.72. The summed E-state index contributed by atoms with van der Waals surface area (Å²) in [6.45, 7) is 4.83. The van der Waals surface area contributed by atoms with E-state index in [9.17, 15) is 18.0 Å². The first-order valence-electron chi connectivity index (χ1n) is 10.2. The van der Waals surface area contributed by atoms with Crippen molar-refractivity contribution in [2.24, 2.45) is 5.41 Å². The Morgan fingerprint density at radius 3 is 1.91 bits per heavy atom. The summed E-state index contributed by atoms with van der Waals surface area (Å²) in [4.78, 5) is 24.7. The zero-order chi connectivity index (χ0) is 24.1. The third-order valence-electron chi connectivity index (χ3n) is 4.61. The van der Waals surface area contributed by atoms with Gasteiger partial charge in [-0.1, -0.05) is 62.9 Å². The summed E-state index contributed by atoms with van der Waals surface area (Å²) < 4.78 is 27.6. The Morgan fingerprint density at radius 2 is 1.30 bits per heavy atom. The van der Waals surface area contributed by atoms with Crippen LogP contribution in [0.4, 0.5) is 5.69 Å². The van der Waals surface area contributed by atoms with Crippen molar-refractivity contribution in [2.45, 2.75) is 25.7 Å². The summed E-state index contributed by atoms with van der Waals surface area (Å²) in [5.74, 6) is 4.96. The zero-order valence-corrected chi connectivity index (χ0v) is 19.4. The van der Waals surface area contributed by atoms with E-state index in [-0.39, 0.29) is 10.6 Å². The molecular formula is C26H24N2O4S. The molecule has 2 amide bonds. The molecule has 0 atom stereocenters. The van der Waals surface area contributed by atoms with Gasteiger partial charge in [-0.05, 0) is 48.5 Å². The lowest BCUT2D eigenvalue weighted by atomic mass is 9.96.